The van der Waals surface area contributed by atoms with Gasteiger partial charge >= 0.3 is 0 Å². The largest absolute Gasteiger partial charge is 0.454 e. The number of ether oxygens (including phenoxy) is 1. The Hall–Kier alpha value is -1.87. The van der Waals surface area contributed by atoms with Crippen molar-refractivity contribution >= 4 is 17.4 Å². The second-order valence-corrected chi connectivity index (χ2v) is 4.79. The van der Waals surface area contributed by atoms with E-state index in [4.69, 9.17) is 16.3 Å². The average Bonchev–Trinajstić information content (AvgIpc) is 2.42. The van der Waals surface area contributed by atoms with Gasteiger partial charge in [0.1, 0.15) is 5.75 Å². The molecule has 0 heterocycles. The first-order valence-corrected chi connectivity index (χ1v) is 6.66. The number of aryl methyl sites for hydroxylation is 1. The molecule has 2 nitrogen and oxygen atoms in total. The highest BCUT2D eigenvalue weighted by molar-refractivity contribution is 6.31. The molecule has 0 bridgehead atoms. The van der Waals surface area contributed by atoms with Crippen molar-refractivity contribution in [3.8, 4) is 11.5 Å². The Balaban J connectivity index is 2.42. The van der Waals surface area contributed by atoms with Crippen LogP contribution in [0.2, 0.25) is 5.02 Å². The average molecular weight is 293 g/mol. The van der Waals surface area contributed by atoms with Crippen LogP contribution in [0.4, 0.5) is 4.39 Å². The third-order valence-corrected chi connectivity index (χ3v) is 3.33. The number of hydrogen-bond acceptors (Lipinski definition) is 2. The number of benzene rings is 2. The van der Waals surface area contributed by atoms with E-state index in [9.17, 15) is 9.18 Å². The van der Waals surface area contributed by atoms with Gasteiger partial charge in [0.2, 0.25) is 0 Å². The lowest BCUT2D eigenvalue weighted by Crippen LogP contribution is -1.99. The molecule has 0 unspecified atom stereocenters. The molecule has 2 rings (SSSR count). The molecule has 0 aliphatic rings. The number of hydrogen-bond donors (Lipinski definition) is 0. The van der Waals surface area contributed by atoms with E-state index in [0.717, 1.165) is 12.0 Å². The lowest BCUT2D eigenvalue weighted by Gasteiger charge is -2.11. The van der Waals surface area contributed by atoms with Gasteiger partial charge in [0.15, 0.2) is 17.3 Å². The standard InChI is InChI=1S/C16H14ClFO2/c1-3-11-9-12(7-8-14(11)17)20-16-13(10(2)19)5-4-6-15(16)18/h4-9H,3H2,1-2H3. The smallest absolute Gasteiger partial charge is 0.173 e. The van der Waals surface area contributed by atoms with Gasteiger partial charge in [-0.15, -0.1) is 0 Å². The van der Waals surface area contributed by atoms with Gasteiger partial charge in [0, 0.05) is 5.02 Å². The molecule has 4 heteroatoms. The van der Waals surface area contributed by atoms with Crippen molar-refractivity contribution in [2.75, 3.05) is 0 Å². The predicted octanol–water partition coefficient (Wildman–Crippen LogP) is 5.04. The van der Waals surface area contributed by atoms with Crippen molar-refractivity contribution < 1.29 is 13.9 Å². The number of carbonyl (C=O) groups excluding carboxylic acids is 1. The van der Waals surface area contributed by atoms with Crippen LogP contribution < -0.4 is 4.74 Å². The Morgan fingerprint density at radius 1 is 1.30 bits per heavy atom. The van der Waals surface area contributed by atoms with E-state index < -0.39 is 5.82 Å². The molecule has 0 spiro atoms. The molecule has 0 amide bonds. The van der Waals surface area contributed by atoms with Gasteiger partial charge in [-0.05, 0) is 49.2 Å². The Morgan fingerprint density at radius 3 is 2.70 bits per heavy atom. The fraction of sp³-hybridized carbons (Fsp3) is 0.188. The molecule has 0 aliphatic carbocycles. The van der Waals surface area contributed by atoms with Crippen molar-refractivity contribution in [3.63, 3.8) is 0 Å². The summed E-state index contributed by atoms with van der Waals surface area (Å²) in [6, 6.07) is 9.38. The van der Waals surface area contributed by atoms with E-state index in [1.54, 1.807) is 18.2 Å². The highest BCUT2D eigenvalue weighted by Crippen LogP contribution is 2.31. The zero-order valence-corrected chi connectivity index (χ0v) is 12.0. The van der Waals surface area contributed by atoms with Gasteiger partial charge < -0.3 is 4.74 Å². The van der Waals surface area contributed by atoms with Gasteiger partial charge in [-0.1, -0.05) is 24.6 Å². The Kier molecular flexibility index (Phi) is 4.40. The molecule has 0 saturated carbocycles. The summed E-state index contributed by atoms with van der Waals surface area (Å²) in [5.74, 6) is -0.405. The highest BCUT2D eigenvalue weighted by Gasteiger charge is 2.14. The van der Waals surface area contributed by atoms with Crippen LogP contribution in [0.5, 0.6) is 11.5 Å². The van der Waals surface area contributed by atoms with E-state index in [0.29, 0.717) is 10.8 Å². The van der Waals surface area contributed by atoms with Gasteiger partial charge in [-0.3, -0.25) is 4.79 Å². The molecular formula is C16H14ClFO2. The Morgan fingerprint density at radius 2 is 2.05 bits per heavy atom. The van der Waals surface area contributed by atoms with Gasteiger partial charge in [-0.25, -0.2) is 4.39 Å². The monoisotopic (exact) mass is 292 g/mol. The molecule has 104 valence electrons. The fourth-order valence-corrected chi connectivity index (χ4v) is 2.14. The lowest BCUT2D eigenvalue weighted by molar-refractivity contribution is 0.101. The van der Waals surface area contributed by atoms with Crippen molar-refractivity contribution in [3.05, 3.63) is 58.4 Å². The second-order valence-electron chi connectivity index (χ2n) is 4.38. The molecule has 0 atom stereocenters. The van der Waals surface area contributed by atoms with Gasteiger partial charge in [0.25, 0.3) is 0 Å². The summed E-state index contributed by atoms with van der Waals surface area (Å²) < 4.78 is 19.4. The van der Waals surface area contributed by atoms with Crippen molar-refractivity contribution in [2.24, 2.45) is 0 Å². The highest BCUT2D eigenvalue weighted by atomic mass is 35.5. The summed E-state index contributed by atoms with van der Waals surface area (Å²) in [4.78, 5) is 11.5. The summed E-state index contributed by atoms with van der Waals surface area (Å²) in [5, 5.41) is 0.639. The maximum atomic E-state index is 13.9. The van der Waals surface area contributed by atoms with E-state index in [2.05, 4.69) is 0 Å². The number of carbonyl (C=O) groups is 1. The first-order valence-electron chi connectivity index (χ1n) is 6.28. The summed E-state index contributed by atoms with van der Waals surface area (Å²) >= 11 is 6.03. The maximum Gasteiger partial charge on any atom is 0.173 e. The fourth-order valence-electron chi connectivity index (χ4n) is 1.89. The van der Waals surface area contributed by atoms with Crippen molar-refractivity contribution in [1.29, 1.82) is 0 Å². The normalized spacial score (nSPS) is 10.4. The molecule has 0 fully saturated rings. The summed E-state index contributed by atoms with van der Waals surface area (Å²) in [6.45, 7) is 3.34. The minimum Gasteiger partial charge on any atom is -0.454 e. The molecule has 20 heavy (non-hydrogen) atoms. The second kappa shape index (κ2) is 6.06. The Labute approximate surface area is 122 Å². The van der Waals surface area contributed by atoms with Crippen LogP contribution in [-0.4, -0.2) is 5.78 Å². The number of ketones is 1. The molecule has 0 radical (unpaired) electrons. The van der Waals surface area contributed by atoms with E-state index in [1.807, 2.05) is 6.92 Å². The maximum absolute atomic E-state index is 13.9. The van der Waals surface area contributed by atoms with Gasteiger partial charge in [0.05, 0.1) is 5.56 Å². The number of para-hydroxylation sites is 1. The molecule has 2 aromatic rings. The van der Waals surface area contributed by atoms with Crippen LogP contribution in [-0.2, 0) is 6.42 Å². The summed E-state index contributed by atoms with van der Waals surface area (Å²) in [6.07, 6.45) is 0.743. The third-order valence-electron chi connectivity index (χ3n) is 2.96. The molecule has 0 aliphatic heterocycles. The van der Waals surface area contributed by atoms with Crippen LogP contribution in [0.25, 0.3) is 0 Å². The van der Waals surface area contributed by atoms with Crippen molar-refractivity contribution in [2.45, 2.75) is 20.3 Å². The summed E-state index contributed by atoms with van der Waals surface area (Å²) in [5.41, 5.74) is 1.13. The molecule has 0 saturated heterocycles. The van der Waals surface area contributed by atoms with Gasteiger partial charge in [-0.2, -0.15) is 0 Å². The lowest BCUT2D eigenvalue weighted by atomic mass is 10.1. The van der Waals surface area contributed by atoms with E-state index >= 15 is 0 Å². The predicted molar refractivity (Wildman–Crippen MR) is 77.3 cm³/mol. The molecule has 0 N–H and O–H groups in total. The minimum atomic E-state index is -0.564. The number of halogens is 2. The van der Waals surface area contributed by atoms with Crippen LogP contribution in [0.3, 0.4) is 0 Å². The SMILES string of the molecule is CCc1cc(Oc2c(F)cccc2C(C)=O)ccc1Cl. The third kappa shape index (κ3) is 2.99. The zero-order chi connectivity index (χ0) is 14.7. The van der Waals surface area contributed by atoms with Crippen LogP contribution in [0.15, 0.2) is 36.4 Å². The first kappa shape index (κ1) is 14.5. The van der Waals surface area contributed by atoms with Crippen molar-refractivity contribution in [1.82, 2.24) is 0 Å². The number of rotatable bonds is 4. The Bertz CT molecular complexity index is 653. The van der Waals surface area contributed by atoms with Crippen LogP contribution in [0.1, 0.15) is 29.8 Å². The molecule has 2 aromatic carbocycles. The molecule has 0 aromatic heterocycles. The van der Waals surface area contributed by atoms with Crippen LogP contribution in [0, 0.1) is 5.82 Å². The molecular weight excluding hydrogens is 279 g/mol. The minimum absolute atomic E-state index is 0.0515. The van der Waals surface area contributed by atoms with E-state index in [1.165, 1.54) is 25.1 Å². The zero-order valence-electron chi connectivity index (χ0n) is 11.2. The van der Waals surface area contributed by atoms with E-state index in [-0.39, 0.29) is 17.1 Å². The number of Topliss-reactive ketones (excluding diaryl/α,β-unsaturated/α-hetero) is 1. The summed E-state index contributed by atoms with van der Waals surface area (Å²) in [7, 11) is 0. The van der Waals surface area contributed by atoms with Crippen LogP contribution >= 0.6 is 11.6 Å². The first-order chi connectivity index (χ1) is 9.52. The quantitative estimate of drug-likeness (QED) is 0.738. The topological polar surface area (TPSA) is 26.3 Å².